The summed E-state index contributed by atoms with van der Waals surface area (Å²) in [5.74, 6) is -2.05. The van der Waals surface area contributed by atoms with E-state index in [-0.39, 0.29) is 6.54 Å². The highest BCUT2D eigenvalue weighted by Gasteiger charge is 2.45. The predicted octanol–water partition coefficient (Wildman–Crippen LogP) is 0.396. The molecular formula is C20H26N4O4. The number of carbonyl (C=O) groups excluding carboxylic acids is 3. The first kappa shape index (κ1) is 20.2. The number of amides is 3. The molecule has 0 saturated carbocycles. The number of ketones is 1. The SMILES string of the molecule is CN1C(=O)N(CCN2CCOCC2)C(=O)C(C(=O)/C=C/c2ccccc2)C1N. The summed E-state index contributed by atoms with van der Waals surface area (Å²) in [6, 6.07) is 8.85. The summed E-state index contributed by atoms with van der Waals surface area (Å²) in [6.07, 6.45) is 2.03. The second kappa shape index (κ2) is 9.09. The lowest BCUT2D eigenvalue weighted by Gasteiger charge is -2.41. The van der Waals surface area contributed by atoms with E-state index in [1.807, 2.05) is 30.3 Å². The fourth-order valence-corrected chi connectivity index (χ4v) is 3.36. The highest BCUT2D eigenvalue weighted by Crippen LogP contribution is 2.21. The first-order valence-electron chi connectivity index (χ1n) is 9.40. The number of hydrogen-bond acceptors (Lipinski definition) is 6. The van der Waals surface area contributed by atoms with Gasteiger partial charge in [-0.25, -0.2) is 4.79 Å². The standard InChI is InChI=1S/C20H26N4O4/c1-22-18(21)17(16(25)8-7-15-5-3-2-4-6-15)19(26)24(20(22)27)10-9-23-11-13-28-14-12-23/h2-8,17-18H,9-14,21H2,1H3/b8-7+. The van der Waals surface area contributed by atoms with Gasteiger partial charge in [0.25, 0.3) is 0 Å². The third-order valence-corrected chi connectivity index (χ3v) is 5.14. The smallest absolute Gasteiger partial charge is 0.327 e. The molecule has 150 valence electrons. The van der Waals surface area contributed by atoms with E-state index in [9.17, 15) is 14.4 Å². The summed E-state index contributed by atoms with van der Waals surface area (Å²) in [4.78, 5) is 42.7. The molecule has 0 aliphatic carbocycles. The molecule has 2 aliphatic rings. The van der Waals surface area contributed by atoms with Gasteiger partial charge in [0.15, 0.2) is 5.78 Å². The minimum atomic E-state index is -1.10. The lowest BCUT2D eigenvalue weighted by atomic mass is 9.95. The van der Waals surface area contributed by atoms with Crippen LogP contribution in [0.25, 0.3) is 6.08 Å². The van der Waals surface area contributed by atoms with Crippen molar-refractivity contribution in [1.29, 1.82) is 0 Å². The summed E-state index contributed by atoms with van der Waals surface area (Å²) in [5.41, 5.74) is 6.90. The average molecular weight is 386 g/mol. The van der Waals surface area contributed by atoms with Gasteiger partial charge in [-0.2, -0.15) is 0 Å². The zero-order valence-corrected chi connectivity index (χ0v) is 16.0. The maximum atomic E-state index is 12.9. The fraction of sp³-hybridized carbons (Fsp3) is 0.450. The third kappa shape index (κ3) is 4.46. The van der Waals surface area contributed by atoms with Crippen molar-refractivity contribution >= 4 is 23.8 Å². The minimum Gasteiger partial charge on any atom is -0.379 e. The summed E-state index contributed by atoms with van der Waals surface area (Å²) >= 11 is 0. The van der Waals surface area contributed by atoms with Gasteiger partial charge in [0.1, 0.15) is 12.1 Å². The van der Waals surface area contributed by atoms with Crippen molar-refractivity contribution in [3.63, 3.8) is 0 Å². The van der Waals surface area contributed by atoms with Crippen molar-refractivity contribution in [1.82, 2.24) is 14.7 Å². The largest absolute Gasteiger partial charge is 0.379 e. The van der Waals surface area contributed by atoms with Crippen LogP contribution in [-0.2, 0) is 14.3 Å². The molecule has 3 amide bonds. The maximum Gasteiger partial charge on any atom is 0.327 e. The van der Waals surface area contributed by atoms with Crippen LogP contribution < -0.4 is 5.73 Å². The van der Waals surface area contributed by atoms with Gasteiger partial charge in [-0.05, 0) is 11.6 Å². The Balaban J connectivity index is 1.70. The van der Waals surface area contributed by atoms with Crippen LogP contribution in [0.3, 0.4) is 0 Å². The van der Waals surface area contributed by atoms with Gasteiger partial charge in [0.05, 0.1) is 13.2 Å². The van der Waals surface area contributed by atoms with E-state index in [0.29, 0.717) is 19.8 Å². The van der Waals surface area contributed by atoms with Crippen molar-refractivity contribution < 1.29 is 19.1 Å². The van der Waals surface area contributed by atoms with Crippen molar-refractivity contribution in [3.8, 4) is 0 Å². The normalized spacial score (nSPS) is 24.2. The van der Waals surface area contributed by atoms with Crippen molar-refractivity contribution in [3.05, 3.63) is 42.0 Å². The minimum absolute atomic E-state index is 0.223. The number of nitrogens with zero attached hydrogens (tertiary/aromatic N) is 3. The van der Waals surface area contributed by atoms with E-state index in [4.69, 9.17) is 10.5 Å². The summed E-state index contributed by atoms with van der Waals surface area (Å²) in [6.45, 7) is 3.56. The van der Waals surface area contributed by atoms with E-state index in [1.54, 1.807) is 6.08 Å². The Kier molecular flexibility index (Phi) is 6.56. The molecule has 1 aromatic carbocycles. The van der Waals surface area contributed by atoms with Gasteiger partial charge >= 0.3 is 6.03 Å². The van der Waals surface area contributed by atoms with Crippen molar-refractivity contribution in [2.75, 3.05) is 46.4 Å². The quantitative estimate of drug-likeness (QED) is 0.561. The number of imide groups is 1. The van der Waals surface area contributed by atoms with Crippen LogP contribution in [0, 0.1) is 5.92 Å². The van der Waals surface area contributed by atoms with E-state index in [1.165, 1.54) is 18.0 Å². The van der Waals surface area contributed by atoms with Gasteiger partial charge in [0.2, 0.25) is 5.91 Å². The van der Waals surface area contributed by atoms with Crippen LogP contribution in [0.1, 0.15) is 5.56 Å². The lowest BCUT2D eigenvalue weighted by molar-refractivity contribution is -0.143. The Hall–Kier alpha value is -2.55. The molecule has 8 heteroatoms. The van der Waals surface area contributed by atoms with E-state index < -0.39 is 29.8 Å². The Morgan fingerprint density at radius 2 is 1.86 bits per heavy atom. The number of carbonyl (C=O) groups is 3. The van der Waals surface area contributed by atoms with Gasteiger partial charge in [-0.15, -0.1) is 0 Å². The first-order valence-corrected chi connectivity index (χ1v) is 9.40. The molecule has 0 aromatic heterocycles. The van der Waals surface area contributed by atoms with Crippen LogP contribution in [0.5, 0.6) is 0 Å². The van der Waals surface area contributed by atoms with E-state index in [2.05, 4.69) is 4.90 Å². The van der Waals surface area contributed by atoms with E-state index in [0.717, 1.165) is 23.6 Å². The monoisotopic (exact) mass is 386 g/mol. The number of ether oxygens (including phenoxy) is 1. The van der Waals surface area contributed by atoms with Crippen LogP contribution in [0.2, 0.25) is 0 Å². The summed E-state index contributed by atoms with van der Waals surface area (Å²) < 4.78 is 5.31. The molecule has 0 spiro atoms. The van der Waals surface area contributed by atoms with Crippen LogP contribution >= 0.6 is 0 Å². The molecule has 2 unspecified atom stereocenters. The average Bonchev–Trinajstić information content (AvgIpc) is 2.72. The number of rotatable bonds is 6. The molecule has 2 saturated heterocycles. The van der Waals surface area contributed by atoms with Gasteiger partial charge in [-0.3, -0.25) is 19.4 Å². The number of nitrogens with two attached hydrogens (primary N) is 1. The molecule has 1 aromatic rings. The Labute approximate surface area is 164 Å². The zero-order chi connectivity index (χ0) is 20.1. The molecule has 2 N–H and O–H groups in total. The highest BCUT2D eigenvalue weighted by molar-refractivity contribution is 6.13. The van der Waals surface area contributed by atoms with Gasteiger partial charge < -0.3 is 15.4 Å². The molecule has 0 radical (unpaired) electrons. The van der Waals surface area contributed by atoms with E-state index >= 15 is 0 Å². The highest BCUT2D eigenvalue weighted by atomic mass is 16.5. The van der Waals surface area contributed by atoms with Crippen molar-refractivity contribution in [2.45, 2.75) is 6.17 Å². The molecule has 2 atom stereocenters. The second-order valence-electron chi connectivity index (χ2n) is 6.95. The molecule has 2 aliphatic heterocycles. The third-order valence-electron chi connectivity index (χ3n) is 5.14. The number of morpholine rings is 1. The molecule has 28 heavy (non-hydrogen) atoms. The number of hydrogen-bond donors (Lipinski definition) is 1. The van der Waals surface area contributed by atoms with Crippen molar-refractivity contribution in [2.24, 2.45) is 11.7 Å². The Bertz CT molecular complexity index is 746. The second-order valence-corrected chi connectivity index (χ2v) is 6.95. The molecular weight excluding hydrogens is 360 g/mol. The van der Waals surface area contributed by atoms with Gasteiger partial charge in [0, 0.05) is 33.2 Å². The molecule has 2 fully saturated rings. The topological polar surface area (TPSA) is 96.2 Å². The first-order chi connectivity index (χ1) is 13.5. The summed E-state index contributed by atoms with van der Waals surface area (Å²) in [7, 11) is 1.52. The fourth-order valence-electron chi connectivity index (χ4n) is 3.36. The maximum absolute atomic E-state index is 12.9. The predicted molar refractivity (Wildman–Crippen MR) is 104 cm³/mol. The molecule has 8 nitrogen and oxygen atoms in total. The van der Waals surface area contributed by atoms with Crippen LogP contribution in [0.4, 0.5) is 4.79 Å². The lowest BCUT2D eigenvalue weighted by Crippen LogP contribution is -2.65. The number of urea groups is 1. The Morgan fingerprint density at radius 3 is 2.54 bits per heavy atom. The zero-order valence-electron chi connectivity index (χ0n) is 16.0. The number of allylic oxidation sites excluding steroid dienone is 1. The molecule has 3 rings (SSSR count). The number of benzene rings is 1. The van der Waals surface area contributed by atoms with Crippen LogP contribution in [-0.4, -0.2) is 85.0 Å². The van der Waals surface area contributed by atoms with Gasteiger partial charge in [-0.1, -0.05) is 36.4 Å². The van der Waals surface area contributed by atoms with Crippen LogP contribution in [0.15, 0.2) is 36.4 Å². The molecule has 0 bridgehead atoms. The summed E-state index contributed by atoms with van der Waals surface area (Å²) in [5, 5.41) is 0. The molecule has 2 heterocycles. The Morgan fingerprint density at radius 1 is 1.18 bits per heavy atom.